The first-order chi connectivity index (χ1) is 16.0. The smallest absolute Gasteiger partial charge is 0.266 e. The van der Waals surface area contributed by atoms with Crippen molar-refractivity contribution in [3.05, 3.63) is 105 Å². The summed E-state index contributed by atoms with van der Waals surface area (Å²) in [4.78, 5) is 25.7. The highest BCUT2D eigenvalue weighted by molar-refractivity contribution is 6.00. The molecular formula is C26H21N5O2. The fraction of sp³-hybridized carbons (Fsp3) is 0.115. The Labute approximate surface area is 190 Å². The Morgan fingerprint density at radius 2 is 1.85 bits per heavy atom. The maximum atomic E-state index is 12.9. The number of hydrogen-bond acceptors (Lipinski definition) is 5. The molecule has 0 saturated carbocycles. The summed E-state index contributed by atoms with van der Waals surface area (Å²) in [6.45, 7) is 3.56. The molecule has 0 atom stereocenters. The van der Waals surface area contributed by atoms with Crippen LogP contribution in [-0.2, 0) is 6.42 Å². The third-order valence-corrected chi connectivity index (χ3v) is 5.45. The van der Waals surface area contributed by atoms with E-state index in [0.717, 1.165) is 33.0 Å². The van der Waals surface area contributed by atoms with Crippen molar-refractivity contribution in [2.24, 2.45) is 5.10 Å². The highest BCUT2D eigenvalue weighted by Crippen LogP contribution is 2.17. The number of rotatable bonds is 5. The molecule has 7 nitrogen and oxygen atoms in total. The molecule has 0 bridgehead atoms. The third kappa shape index (κ3) is 4.27. The van der Waals surface area contributed by atoms with Crippen LogP contribution >= 0.6 is 0 Å². The number of hydrogen-bond donors (Lipinski definition) is 1. The van der Waals surface area contributed by atoms with Crippen LogP contribution in [0, 0.1) is 18.3 Å². The number of amides is 1. The van der Waals surface area contributed by atoms with Gasteiger partial charge in [-0.3, -0.25) is 9.59 Å². The molecule has 0 unspecified atom stereocenters. The number of aromatic nitrogens is 2. The molecule has 0 aliphatic heterocycles. The summed E-state index contributed by atoms with van der Waals surface area (Å²) in [5.74, 6) is -0.612. The van der Waals surface area contributed by atoms with Crippen LogP contribution in [0.25, 0.3) is 16.5 Å². The monoisotopic (exact) mass is 435 g/mol. The molecule has 3 aromatic carbocycles. The topological polar surface area (TPSA) is 100 Å². The predicted molar refractivity (Wildman–Crippen MR) is 128 cm³/mol. The van der Waals surface area contributed by atoms with Crippen molar-refractivity contribution < 1.29 is 4.79 Å². The lowest BCUT2D eigenvalue weighted by molar-refractivity contribution is 0.0947. The van der Waals surface area contributed by atoms with Gasteiger partial charge in [0.2, 0.25) is 0 Å². The predicted octanol–water partition coefficient (Wildman–Crippen LogP) is 3.89. The second-order valence-corrected chi connectivity index (χ2v) is 7.46. The molecule has 0 saturated heterocycles. The van der Waals surface area contributed by atoms with Gasteiger partial charge in [0.05, 0.1) is 11.9 Å². The summed E-state index contributed by atoms with van der Waals surface area (Å²) < 4.78 is 1.08. The Hall–Kier alpha value is -4.57. The highest BCUT2D eigenvalue weighted by atomic mass is 16.2. The molecule has 0 fully saturated rings. The number of nitriles is 1. The van der Waals surface area contributed by atoms with E-state index in [1.54, 1.807) is 18.3 Å². The lowest BCUT2D eigenvalue weighted by Gasteiger charge is -2.11. The van der Waals surface area contributed by atoms with Crippen LogP contribution in [-0.4, -0.2) is 21.9 Å². The summed E-state index contributed by atoms with van der Waals surface area (Å²) in [6, 6.07) is 22.8. The number of carbonyl (C=O) groups is 1. The second-order valence-electron chi connectivity index (χ2n) is 7.46. The number of nitrogens with zero attached hydrogens (tertiary/aromatic N) is 4. The van der Waals surface area contributed by atoms with Crippen LogP contribution < -0.4 is 11.0 Å². The van der Waals surface area contributed by atoms with Crippen molar-refractivity contribution in [3.8, 4) is 11.8 Å². The van der Waals surface area contributed by atoms with Crippen molar-refractivity contribution in [2.45, 2.75) is 20.3 Å². The largest absolute Gasteiger partial charge is 0.292 e. The molecule has 1 heterocycles. The van der Waals surface area contributed by atoms with E-state index in [1.165, 1.54) is 6.92 Å². The summed E-state index contributed by atoms with van der Waals surface area (Å²) in [6.07, 6.45) is 2.41. The first kappa shape index (κ1) is 21.7. The molecule has 1 N–H and O–H groups in total. The Morgan fingerprint density at radius 1 is 1.12 bits per heavy atom. The van der Waals surface area contributed by atoms with E-state index < -0.39 is 11.5 Å². The minimum atomic E-state index is -0.612. The zero-order valence-electron chi connectivity index (χ0n) is 18.2. The van der Waals surface area contributed by atoms with Gasteiger partial charge >= 0.3 is 0 Å². The van der Waals surface area contributed by atoms with Gasteiger partial charge < -0.3 is 0 Å². The van der Waals surface area contributed by atoms with E-state index in [0.29, 0.717) is 5.69 Å². The normalized spacial score (nSPS) is 10.9. The second kappa shape index (κ2) is 9.28. The van der Waals surface area contributed by atoms with Gasteiger partial charge in [0.15, 0.2) is 5.69 Å². The number of hydrazone groups is 1. The third-order valence-electron chi connectivity index (χ3n) is 5.45. The number of benzene rings is 3. The quantitative estimate of drug-likeness (QED) is 0.380. The van der Waals surface area contributed by atoms with Crippen molar-refractivity contribution in [1.82, 2.24) is 15.2 Å². The van der Waals surface area contributed by atoms with Crippen LogP contribution in [0.15, 0.2) is 76.6 Å². The average Bonchev–Trinajstić information content (AvgIpc) is 2.84. The summed E-state index contributed by atoms with van der Waals surface area (Å²) in [5, 5.41) is 19.9. The first-order valence-corrected chi connectivity index (χ1v) is 10.5. The molecule has 4 rings (SSSR count). The summed E-state index contributed by atoms with van der Waals surface area (Å²) in [7, 11) is 0. The lowest BCUT2D eigenvalue weighted by atomic mass is 10.1. The maximum Gasteiger partial charge on any atom is 0.292 e. The van der Waals surface area contributed by atoms with E-state index >= 15 is 0 Å². The van der Waals surface area contributed by atoms with Gasteiger partial charge in [-0.05, 0) is 41.8 Å². The van der Waals surface area contributed by atoms with Gasteiger partial charge in [-0.15, -0.1) is 0 Å². The fourth-order valence-electron chi connectivity index (χ4n) is 3.58. The lowest BCUT2D eigenvalue weighted by Crippen LogP contribution is -2.31. The maximum absolute atomic E-state index is 12.9. The van der Waals surface area contributed by atoms with Crippen LogP contribution in [0.2, 0.25) is 0 Å². The standard InChI is InChI=1S/C26H21N5O2/c1-3-18-11-13-21(14-12-18)31-26(33)23(15-27)17(2)24(30-31)25(32)29-28-16-20-9-6-8-19-7-4-5-10-22(19)20/h4-14,16H,3H2,1-2H3,(H,29,32)/b28-16+. The number of fused-ring (bicyclic) bond motifs is 1. The van der Waals surface area contributed by atoms with Gasteiger partial charge in [-0.2, -0.15) is 20.1 Å². The molecule has 33 heavy (non-hydrogen) atoms. The fourth-order valence-corrected chi connectivity index (χ4v) is 3.58. The summed E-state index contributed by atoms with van der Waals surface area (Å²) >= 11 is 0. The van der Waals surface area contributed by atoms with Crippen LogP contribution in [0.1, 0.15) is 39.7 Å². The molecule has 0 aliphatic rings. The highest BCUT2D eigenvalue weighted by Gasteiger charge is 2.20. The van der Waals surface area contributed by atoms with Crippen molar-refractivity contribution in [1.29, 1.82) is 5.26 Å². The molecule has 7 heteroatoms. The minimum absolute atomic E-state index is 0.0409. The van der Waals surface area contributed by atoms with Gasteiger partial charge in [-0.25, -0.2) is 5.43 Å². The number of carbonyl (C=O) groups excluding carboxylic acids is 1. The van der Waals surface area contributed by atoms with E-state index in [2.05, 4.69) is 15.6 Å². The molecule has 1 amide bonds. The zero-order valence-corrected chi connectivity index (χ0v) is 18.2. The zero-order chi connectivity index (χ0) is 23.4. The molecule has 0 aliphatic carbocycles. The van der Waals surface area contributed by atoms with Gasteiger partial charge in [0.25, 0.3) is 11.5 Å². The van der Waals surface area contributed by atoms with Crippen molar-refractivity contribution in [2.75, 3.05) is 0 Å². The Morgan fingerprint density at radius 3 is 2.58 bits per heavy atom. The summed E-state index contributed by atoms with van der Waals surface area (Å²) in [5.41, 5.74) is 4.34. The molecule has 0 spiro atoms. The Balaban J connectivity index is 1.67. The molecule has 162 valence electrons. The van der Waals surface area contributed by atoms with Crippen molar-refractivity contribution >= 4 is 22.9 Å². The van der Waals surface area contributed by atoms with Crippen molar-refractivity contribution in [3.63, 3.8) is 0 Å². The Kier molecular flexibility index (Phi) is 6.09. The molecule has 4 aromatic rings. The van der Waals surface area contributed by atoms with E-state index in [4.69, 9.17) is 0 Å². The molecule has 0 radical (unpaired) electrons. The molecule has 1 aromatic heterocycles. The first-order valence-electron chi connectivity index (χ1n) is 10.5. The van der Waals surface area contributed by atoms with Crippen LogP contribution in [0.4, 0.5) is 0 Å². The average molecular weight is 435 g/mol. The van der Waals surface area contributed by atoms with Gasteiger partial charge in [0.1, 0.15) is 11.6 Å². The number of aryl methyl sites for hydroxylation is 1. The minimum Gasteiger partial charge on any atom is -0.266 e. The van der Waals surface area contributed by atoms with E-state index in [1.807, 2.05) is 67.6 Å². The van der Waals surface area contributed by atoms with Crippen LogP contribution in [0.3, 0.4) is 0 Å². The van der Waals surface area contributed by atoms with Crippen LogP contribution in [0.5, 0.6) is 0 Å². The molecular weight excluding hydrogens is 414 g/mol. The van der Waals surface area contributed by atoms with E-state index in [-0.39, 0.29) is 16.8 Å². The number of nitrogens with one attached hydrogen (secondary N) is 1. The van der Waals surface area contributed by atoms with E-state index in [9.17, 15) is 14.9 Å². The Bertz CT molecular complexity index is 1470. The van der Waals surface area contributed by atoms with Gasteiger partial charge in [0, 0.05) is 11.1 Å². The van der Waals surface area contributed by atoms with Gasteiger partial charge in [-0.1, -0.05) is 61.5 Å². The SMILES string of the molecule is CCc1ccc(-n2nc(C(=O)N/N=C/c3cccc4ccccc34)c(C)c(C#N)c2=O)cc1.